The highest BCUT2D eigenvalue weighted by Gasteiger charge is 2.58. The minimum Gasteiger partial charge on any atom is -0.390 e. The van der Waals surface area contributed by atoms with Gasteiger partial charge in [-0.1, -0.05) is 0 Å². The summed E-state index contributed by atoms with van der Waals surface area (Å²) in [6.07, 6.45) is 9.38. The summed E-state index contributed by atoms with van der Waals surface area (Å²) < 4.78 is 0. The lowest BCUT2D eigenvalue weighted by atomic mass is 9.46. The molecule has 0 unspecified atom stereocenters. The summed E-state index contributed by atoms with van der Waals surface area (Å²) in [4.78, 5) is 26.2. The number of nitrogens with zero attached hydrogens (tertiary/aromatic N) is 1. The van der Waals surface area contributed by atoms with E-state index in [-0.39, 0.29) is 23.3 Å². The van der Waals surface area contributed by atoms with Gasteiger partial charge in [-0.05, 0) is 75.5 Å². The fourth-order valence-corrected chi connectivity index (χ4v) is 6.59. The van der Waals surface area contributed by atoms with Crippen molar-refractivity contribution < 1.29 is 14.7 Å². The maximum atomic E-state index is 12.5. The van der Waals surface area contributed by atoms with Crippen molar-refractivity contribution in [3.63, 3.8) is 0 Å². The molecule has 0 aromatic carbocycles. The fourth-order valence-electron chi connectivity index (χ4n) is 6.59. The van der Waals surface area contributed by atoms with Crippen LogP contribution in [-0.4, -0.2) is 46.6 Å². The van der Waals surface area contributed by atoms with Gasteiger partial charge in [0.25, 0.3) is 0 Å². The van der Waals surface area contributed by atoms with Gasteiger partial charge >= 0.3 is 0 Å². The lowest BCUT2D eigenvalue weighted by Crippen LogP contribution is -2.61. The van der Waals surface area contributed by atoms with Crippen molar-refractivity contribution in [1.29, 1.82) is 0 Å². The SMILES string of the molecule is C[C@@H](NC(=O)CCN1CCCCC1=O)C12C[C@H]3C[C@@H](CC(O)(C3)C1)C2. The minimum absolute atomic E-state index is 0.0496. The molecule has 1 saturated heterocycles. The lowest BCUT2D eigenvalue weighted by Gasteiger charge is -2.62. The highest BCUT2D eigenvalue weighted by atomic mass is 16.3. The quantitative estimate of drug-likeness (QED) is 0.800. The first-order valence-corrected chi connectivity index (χ1v) is 10.2. The number of likely N-dealkylation sites (tertiary alicyclic amines) is 1. The Morgan fingerprint density at radius 2 is 2.00 bits per heavy atom. The zero-order valence-corrected chi connectivity index (χ0v) is 15.4. The molecule has 4 bridgehead atoms. The second kappa shape index (κ2) is 6.26. The van der Waals surface area contributed by atoms with Crippen LogP contribution in [0.2, 0.25) is 0 Å². The maximum absolute atomic E-state index is 12.5. The smallest absolute Gasteiger partial charge is 0.222 e. The van der Waals surface area contributed by atoms with Crippen molar-refractivity contribution in [3.05, 3.63) is 0 Å². The zero-order valence-electron chi connectivity index (χ0n) is 15.4. The van der Waals surface area contributed by atoms with E-state index in [4.69, 9.17) is 0 Å². The number of rotatable bonds is 5. The van der Waals surface area contributed by atoms with E-state index in [9.17, 15) is 14.7 Å². The van der Waals surface area contributed by atoms with Crippen molar-refractivity contribution in [1.82, 2.24) is 10.2 Å². The second-order valence-corrected chi connectivity index (χ2v) is 9.42. The highest BCUT2D eigenvalue weighted by molar-refractivity contribution is 5.79. The molecule has 140 valence electrons. The van der Waals surface area contributed by atoms with Gasteiger partial charge in [-0.15, -0.1) is 0 Å². The summed E-state index contributed by atoms with van der Waals surface area (Å²) in [6, 6.07) is 0.106. The lowest BCUT2D eigenvalue weighted by molar-refractivity contribution is -0.173. The van der Waals surface area contributed by atoms with Crippen LogP contribution in [0.25, 0.3) is 0 Å². The van der Waals surface area contributed by atoms with Crippen LogP contribution < -0.4 is 5.32 Å². The summed E-state index contributed by atoms with van der Waals surface area (Å²) in [6.45, 7) is 3.46. The number of nitrogens with one attached hydrogen (secondary N) is 1. The van der Waals surface area contributed by atoms with Crippen LogP contribution in [-0.2, 0) is 9.59 Å². The third-order valence-electron chi connectivity index (χ3n) is 7.40. The van der Waals surface area contributed by atoms with Gasteiger partial charge in [0.2, 0.25) is 11.8 Å². The van der Waals surface area contributed by atoms with Gasteiger partial charge in [0.1, 0.15) is 0 Å². The Morgan fingerprint density at radius 3 is 2.64 bits per heavy atom. The third kappa shape index (κ3) is 3.32. The average Bonchev–Trinajstić information content (AvgIpc) is 2.51. The Hall–Kier alpha value is -1.10. The number of carbonyl (C=O) groups is 2. The molecule has 5 fully saturated rings. The van der Waals surface area contributed by atoms with E-state index in [0.29, 0.717) is 31.2 Å². The normalized spacial score (nSPS) is 41.0. The Balaban J connectivity index is 1.33. The number of hydrogen-bond acceptors (Lipinski definition) is 3. The van der Waals surface area contributed by atoms with Gasteiger partial charge in [-0.3, -0.25) is 9.59 Å². The van der Waals surface area contributed by atoms with Gasteiger partial charge in [0.15, 0.2) is 0 Å². The van der Waals surface area contributed by atoms with E-state index in [1.54, 1.807) is 0 Å². The van der Waals surface area contributed by atoms with E-state index >= 15 is 0 Å². The van der Waals surface area contributed by atoms with Crippen molar-refractivity contribution in [2.24, 2.45) is 17.3 Å². The highest BCUT2D eigenvalue weighted by Crippen LogP contribution is 2.62. The van der Waals surface area contributed by atoms with Crippen molar-refractivity contribution in [2.45, 2.75) is 82.8 Å². The summed E-state index contributed by atoms with van der Waals surface area (Å²) in [5.41, 5.74) is -0.404. The molecule has 5 rings (SSSR count). The molecule has 3 atom stereocenters. The number of amides is 2. The van der Waals surface area contributed by atoms with Crippen LogP contribution in [0.4, 0.5) is 0 Å². The molecule has 0 spiro atoms. The zero-order chi connectivity index (χ0) is 17.7. The number of piperidine rings is 1. The van der Waals surface area contributed by atoms with Crippen LogP contribution in [0.3, 0.4) is 0 Å². The molecular formula is C20H32N2O3. The molecule has 5 aliphatic rings. The molecule has 5 heteroatoms. The van der Waals surface area contributed by atoms with Crippen LogP contribution in [0.5, 0.6) is 0 Å². The minimum atomic E-state index is -0.483. The first-order chi connectivity index (χ1) is 11.9. The molecule has 2 amide bonds. The first-order valence-electron chi connectivity index (χ1n) is 10.2. The summed E-state index contributed by atoms with van der Waals surface area (Å²) in [5, 5.41) is 14.1. The topological polar surface area (TPSA) is 69.6 Å². The Kier molecular flexibility index (Phi) is 4.33. The molecule has 2 N–H and O–H groups in total. The van der Waals surface area contributed by atoms with Gasteiger partial charge in [0, 0.05) is 32.0 Å². The van der Waals surface area contributed by atoms with Crippen molar-refractivity contribution in [3.8, 4) is 0 Å². The van der Waals surface area contributed by atoms with E-state index < -0.39 is 5.60 Å². The van der Waals surface area contributed by atoms with E-state index in [2.05, 4.69) is 12.2 Å². The third-order valence-corrected chi connectivity index (χ3v) is 7.40. The number of hydrogen-bond donors (Lipinski definition) is 2. The Bertz CT molecular complexity index is 547. The van der Waals surface area contributed by atoms with Gasteiger partial charge < -0.3 is 15.3 Å². The molecule has 0 aromatic heterocycles. The summed E-state index contributed by atoms with van der Waals surface area (Å²) >= 11 is 0. The molecule has 4 saturated carbocycles. The number of carbonyl (C=O) groups excluding carboxylic acids is 2. The van der Waals surface area contributed by atoms with Gasteiger partial charge in [-0.2, -0.15) is 0 Å². The predicted octanol–water partition coefficient (Wildman–Crippen LogP) is 2.22. The van der Waals surface area contributed by atoms with Gasteiger partial charge in [0.05, 0.1) is 5.60 Å². The van der Waals surface area contributed by atoms with Crippen LogP contribution in [0.1, 0.15) is 71.1 Å². The maximum Gasteiger partial charge on any atom is 0.222 e. The second-order valence-electron chi connectivity index (χ2n) is 9.42. The Labute approximate surface area is 150 Å². The standard InChI is InChI=1S/C20H32N2O3/c1-14(21-17(23)5-7-22-6-3-2-4-18(22)24)19-9-15-8-16(10-19)12-20(25,11-15)13-19/h14-16,25H,2-13H2,1H3,(H,21,23)/t14-,15-,16-,19?,20?/m1/s1. The summed E-state index contributed by atoms with van der Waals surface area (Å²) in [5.74, 6) is 1.51. The largest absolute Gasteiger partial charge is 0.390 e. The molecule has 4 aliphatic carbocycles. The molecule has 0 aromatic rings. The van der Waals surface area contributed by atoms with Crippen LogP contribution >= 0.6 is 0 Å². The van der Waals surface area contributed by atoms with E-state index in [1.165, 1.54) is 6.42 Å². The Morgan fingerprint density at radius 1 is 1.28 bits per heavy atom. The van der Waals surface area contributed by atoms with Crippen LogP contribution in [0.15, 0.2) is 0 Å². The van der Waals surface area contributed by atoms with Gasteiger partial charge in [-0.25, -0.2) is 0 Å². The average molecular weight is 348 g/mol. The van der Waals surface area contributed by atoms with Crippen molar-refractivity contribution >= 4 is 11.8 Å². The van der Waals surface area contributed by atoms with Crippen LogP contribution in [0, 0.1) is 17.3 Å². The molecule has 1 aliphatic heterocycles. The van der Waals surface area contributed by atoms with Crippen molar-refractivity contribution in [2.75, 3.05) is 13.1 Å². The number of aliphatic hydroxyl groups is 1. The summed E-state index contributed by atoms with van der Waals surface area (Å²) in [7, 11) is 0. The molecule has 0 radical (unpaired) electrons. The molecule has 5 nitrogen and oxygen atoms in total. The monoisotopic (exact) mass is 348 g/mol. The first kappa shape index (κ1) is 17.3. The molecular weight excluding hydrogens is 316 g/mol. The predicted molar refractivity (Wildman–Crippen MR) is 94.7 cm³/mol. The fraction of sp³-hybridized carbons (Fsp3) is 0.900. The molecule has 1 heterocycles. The van der Waals surface area contributed by atoms with E-state index in [1.807, 2.05) is 4.90 Å². The molecule has 25 heavy (non-hydrogen) atoms. The van der Waals surface area contributed by atoms with E-state index in [0.717, 1.165) is 51.5 Å².